The molecule has 7 heteroatoms. The van der Waals surface area contributed by atoms with Gasteiger partial charge in [0.2, 0.25) is 0 Å². The summed E-state index contributed by atoms with van der Waals surface area (Å²) in [5.41, 5.74) is 3.67. The van der Waals surface area contributed by atoms with E-state index >= 15 is 0 Å². The maximum absolute atomic E-state index is 12.6. The molecular weight excluding hydrogens is 384 g/mol. The summed E-state index contributed by atoms with van der Waals surface area (Å²) in [6.07, 6.45) is 4.55. The van der Waals surface area contributed by atoms with Crippen LogP contribution in [0, 0.1) is 0 Å². The van der Waals surface area contributed by atoms with Crippen molar-refractivity contribution in [3.8, 4) is 0 Å². The van der Waals surface area contributed by atoms with E-state index < -0.39 is 5.60 Å². The van der Waals surface area contributed by atoms with Gasteiger partial charge in [0, 0.05) is 30.6 Å². The topological polar surface area (TPSA) is 66.8 Å². The number of aromatic nitrogens is 1. The summed E-state index contributed by atoms with van der Waals surface area (Å²) < 4.78 is 6.38. The van der Waals surface area contributed by atoms with Gasteiger partial charge in [0.25, 0.3) is 0 Å². The zero-order valence-corrected chi connectivity index (χ0v) is 16.5. The van der Waals surface area contributed by atoms with Crippen LogP contribution in [0.2, 0.25) is 0 Å². The summed E-state index contributed by atoms with van der Waals surface area (Å²) in [7, 11) is 0. The Balaban J connectivity index is 1.68. The second-order valence-corrected chi connectivity index (χ2v) is 8.48. The van der Waals surface area contributed by atoms with E-state index in [2.05, 4.69) is 31.4 Å². The molecule has 1 amide bonds. The molecule has 0 spiro atoms. The second kappa shape index (κ2) is 7.32. The Labute approximate surface area is 157 Å². The molecule has 1 aromatic rings. The maximum atomic E-state index is 12.6. The van der Waals surface area contributed by atoms with Crippen LogP contribution >= 0.6 is 15.9 Å². The van der Waals surface area contributed by atoms with E-state index in [1.807, 2.05) is 43.9 Å². The molecule has 25 heavy (non-hydrogen) atoms. The minimum absolute atomic E-state index is 0.179. The number of hydrogen-bond donors (Lipinski definition) is 1. The third-order valence-electron chi connectivity index (χ3n) is 4.45. The Morgan fingerprint density at radius 3 is 2.60 bits per heavy atom. The van der Waals surface area contributed by atoms with Gasteiger partial charge in [-0.05, 0) is 68.1 Å². The second-order valence-electron chi connectivity index (χ2n) is 7.67. The Morgan fingerprint density at radius 1 is 1.32 bits per heavy atom. The van der Waals surface area contributed by atoms with Gasteiger partial charge in [0.05, 0.1) is 0 Å². The van der Waals surface area contributed by atoms with Crippen molar-refractivity contribution in [1.82, 2.24) is 9.88 Å². The first kappa shape index (κ1) is 18.2. The average Bonchev–Trinajstić information content (AvgIpc) is 2.50. The molecule has 3 heterocycles. The van der Waals surface area contributed by atoms with Gasteiger partial charge < -0.3 is 9.64 Å². The van der Waals surface area contributed by atoms with E-state index in [-0.39, 0.29) is 18.2 Å². The lowest BCUT2D eigenvalue weighted by molar-refractivity contribution is -0.00696. The summed E-state index contributed by atoms with van der Waals surface area (Å²) in [4.78, 5) is 18.9. The van der Waals surface area contributed by atoms with Crippen molar-refractivity contribution in [1.29, 1.82) is 0 Å². The first-order valence-electron chi connectivity index (χ1n) is 8.77. The summed E-state index contributed by atoms with van der Waals surface area (Å²) in [6.45, 7) is 5.73. The molecule has 2 bridgehead atoms. The number of nitrogens with zero attached hydrogens (tertiary/aromatic N) is 3. The number of hydrogen-bond acceptors (Lipinski definition) is 5. The number of nitrogens with one attached hydrogen (secondary N) is 1. The van der Waals surface area contributed by atoms with E-state index in [9.17, 15) is 4.79 Å². The highest BCUT2D eigenvalue weighted by Crippen LogP contribution is 2.34. The van der Waals surface area contributed by atoms with Gasteiger partial charge in [-0.25, -0.2) is 9.78 Å². The van der Waals surface area contributed by atoms with Crippen LogP contribution in [0.1, 0.15) is 52.9 Å². The lowest BCUT2D eigenvalue weighted by Crippen LogP contribution is -2.56. The van der Waals surface area contributed by atoms with Crippen LogP contribution in [0.15, 0.2) is 27.9 Å². The van der Waals surface area contributed by atoms with Crippen molar-refractivity contribution in [3.63, 3.8) is 0 Å². The fourth-order valence-electron chi connectivity index (χ4n) is 3.50. The highest BCUT2D eigenvalue weighted by atomic mass is 79.9. The quantitative estimate of drug-likeness (QED) is 0.574. The zero-order chi connectivity index (χ0) is 18.0. The summed E-state index contributed by atoms with van der Waals surface area (Å²) in [5, 5.41) is 4.55. The summed E-state index contributed by atoms with van der Waals surface area (Å²) >= 11 is 3.36. The van der Waals surface area contributed by atoms with Crippen molar-refractivity contribution in [3.05, 3.63) is 22.8 Å². The maximum Gasteiger partial charge on any atom is 0.410 e. The number of rotatable bonds is 2. The fraction of sp³-hybridized carbons (Fsp3) is 0.611. The molecule has 2 fully saturated rings. The standard InChI is InChI=1S/C18H25BrN4O2/c1-18(2,3)25-17(24)23-13-6-4-7-14(23)11-12(10-13)21-22-16-9-5-8-15(19)20-16/h5,8-9,13-14H,4,6-7,10-11H2,1-3H3,(H,20,22). The van der Waals surface area contributed by atoms with E-state index in [0.717, 1.165) is 42.4 Å². The Bertz CT molecular complexity index is 655. The van der Waals surface area contributed by atoms with Crippen LogP contribution < -0.4 is 5.43 Å². The normalized spacial score (nSPS) is 23.2. The first-order chi connectivity index (χ1) is 11.8. The van der Waals surface area contributed by atoms with Gasteiger partial charge in [-0.3, -0.25) is 5.43 Å². The zero-order valence-electron chi connectivity index (χ0n) is 15.0. The molecule has 0 radical (unpaired) electrons. The van der Waals surface area contributed by atoms with Gasteiger partial charge in [-0.2, -0.15) is 5.10 Å². The van der Waals surface area contributed by atoms with Gasteiger partial charge in [0.1, 0.15) is 16.0 Å². The number of ether oxygens (including phenoxy) is 1. The highest BCUT2D eigenvalue weighted by Gasteiger charge is 2.41. The predicted molar refractivity (Wildman–Crippen MR) is 102 cm³/mol. The van der Waals surface area contributed by atoms with Gasteiger partial charge in [0.15, 0.2) is 0 Å². The Morgan fingerprint density at radius 2 is 2.00 bits per heavy atom. The number of carbonyl (C=O) groups is 1. The molecular formula is C18H25BrN4O2. The third-order valence-corrected chi connectivity index (χ3v) is 4.89. The van der Waals surface area contributed by atoms with Crippen molar-refractivity contribution >= 4 is 33.6 Å². The molecule has 2 aliphatic heterocycles. The molecule has 2 atom stereocenters. The molecule has 1 aromatic heterocycles. The molecule has 2 saturated heterocycles. The van der Waals surface area contributed by atoms with Crippen molar-refractivity contribution in [2.45, 2.75) is 70.6 Å². The number of carbonyl (C=O) groups excluding carboxylic acids is 1. The molecule has 0 saturated carbocycles. The van der Waals surface area contributed by atoms with E-state index in [4.69, 9.17) is 4.74 Å². The predicted octanol–water partition coefficient (Wildman–Crippen LogP) is 4.56. The monoisotopic (exact) mass is 408 g/mol. The van der Waals surface area contributed by atoms with Crippen LogP contribution in [0.4, 0.5) is 10.6 Å². The number of halogens is 1. The number of amides is 1. The molecule has 136 valence electrons. The smallest absolute Gasteiger partial charge is 0.410 e. The van der Waals surface area contributed by atoms with Crippen molar-refractivity contribution < 1.29 is 9.53 Å². The van der Waals surface area contributed by atoms with Gasteiger partial charge in [-0.1, -0.05) is 6.07 Å². The average molecular weight is 409 g/mol. The van der Waals surface area contributed by atoms with Crippen LogP contribution in [0.5, 0.6) is 0 Å². The summed E-state index contributed by atoms with van der Waals surface area (Å²) in [5.74, 6) is 0.710. The van der Waals surface area contributed by atoms with Crippen LogP contribution in [-0.4, -0.2) is 39.4 Å². The third kappa shape index (κ3) is 4.71. The van der Waals surface area contributed by atoms with E-state index in [1.54, 1.807) is 0 Å². The lowest BCUT2D eigenvalue weighted by atomic mass is 9.84. The fourth-order valence-corrected chi connectivity index (χ4v) is 3.85. The molecule has 3 rings (SSSR count). The lowest BCUT2D eigenvalue weighted by Gasteiger charge is -2.46. The molecule has 0 aliphatic carbocycles. The molecule has 1 N–H and O–H groups in total. The SMILES string of the molecule is CC(C)(C)OC(=O)N1C2CCCC1CC(=NNc1cccc(Br)n1)C2. The summed E-state index contributed by atoms with van der Waals surface area (Å²) in [6, 6.07) is 6.03. The molecule has 0 aromatic carbocycles. The number of hydrazone groups is 1. The van der Waals surface area contributed by atoms with E-state index in [1.165, 1.54) is 0 Å². The molecule has 2 aliphatic rings. The van der Waals surface area contributed by atoms with Crippen molar-refractivity contribution in [2.75, 3.05) is 5.43 Å². The van der Waals surface area contributed by atoms with E-state index in [0.29, 0.717) is 5.82 Å². The van der Waals surface area contributed by atoms with Crippen LogP contribution in [0.25, 0.3) is 0 Å². The minimum Gasteiger partial charge on any atom is -0.444 e. The number of fused-ring (bicyclic) bond motifs is 2. The first-order valence-corrected chi connectivity index (χ1v) is 9.56. The minimum atomic E-state index is -0.465. The molecule has 6 nitrogen and oxygen atoms in total. The van der Waals surface area contributed by atoms with Crippen LogP contribution in [-0.2, 0) is 4.74 Å². The molecule has 2 unspecified atom stereocenters. The van der Waals surface area contributed by atoms with Gasteiger partial charge in [-0.15, -0.1) is 0 Å². The number of pyridine rings is 1. The van der Waals surface area contributed by atoms with Crippen molar-refractivity contribution in [2.24, 2.45) is 5.10 Å². The largest absolute Gasteiger partial charge is 0.444 e. The number of piperidine rings is 2. The highest BCUT2D eigenvalue weighted by molar-refractivity contribution is 9.10. The van der Waals surface area contributed by atoms with Gasteiger partial charge >= 0.3 is 6.09 Å². The van der Waals surface area contributed by atoms with Crippen LogP contribution in [0.3, 0.4) is 0 Å². The Hall–Kier alpha value is -1.63. The Kier molecular flexibility index (Phi) is 5.32. The number of anilines is 1.